The van der Waals surface area contributed by atoms with E-state index in [-0.39, 0.29) is 36.5 Å². The minimum absolute atomic E-state index is 0.0172. The van der Waals surface area contributed by atoms with Crippen molar-refractivity contribution >= 4 is 17.4 Å². The summed E-state index contributed by atoms with van der Waals surface area (Å²) in [5.74, 6) is -2.99. The summed E-state index contributed by atoms with van der Waals surface area (Å²) < 4.78 is 27.5. The van der Waals surface area contributed by atoms with Crippen molar-refractivity contribution < 1.29 is 18.4 Å². The van der Waals surface area contributed by atoms with Gasteiger partial charge in [-0.1, -0.05) is 49.4 Å². The van der Waals surface area contributed by atoms with Crippen molar-refractivity contribution in [1.82, 2.24) is 0 Å². The van der Waals surface area contributed by atoms with Gasteiger partial charge in [0.25, 0.3) is 11.8 Å². The van der Waals surface area contributed by atoms with Crippen LogP contribution in [0.5, 0.6) is 0 Å². The van der Waals surface area contributed by atoms with Crippen molar-refractivity contribution in [2.24, 2.45) is 0 Å². The molecule has 5 heteroatoms. The number of carbonyl (C=O) groups excluding carboxylic acids is 2. The van der Waals surface area contributed by atoms with Gasteiger partial charge in [-0.15, -0.1) is 0 Å². The number of benzene rings is 3. The zero-order valence-corrected chi connectivity index (χ0v) is 19.5. The smallest absolute Gasteiger partial charge is 0.273 e. The first kappa shape index (κ1) is 24.3. The molecule has 0 atom stereocenters. The molecule has 0 heterocycles. The van der Waals surface area contributed by atoms with Crippen molar-refractivity contribution in [3.05, 3.63) is 100 Å². The second kappa shape index (κ2) is 10.1. The highest BCUT2D eigenvalue weighted by molar-refractivity contribution is 6.05. The van der Waals surface area contributed by atoms with E-state index < -0.39 is 5.92 Å². The lowest BCUT2D eigenvalue weighted by Crippen LogP contribution is -2.26. The van der Waals surface area contributed by atoms with E-state index in [1.807, 2.05) is 26.0 Å². The van der Waals surface area contributed by atoms with Gasteiger partial charge in [-0.05, 0) is 60.4 Å². The predicted octanol–water partition coefficient (Wildman–Crippen LogP) is 6.44. The number of aryl methyl sites for hydroxylation is 2. The van der Waals surface area contributed by atoms with Crippen LogP contribution < -0.4 is 4.90 Å². The maximum Gasteiger partial charge on any atom is 0.273 e. The summed E-state index contributed by atoms with van der Waals surface area (Å²) in [5, 5.41) is 0. The molecule has 3 aromatic carbocycles. The molecule has 172 valence electrons. The number of hydrogen-bond acceptors (Lipinski definition) is 2. The molecule has 0 N–H and O–H groups in total. The van der Waals surface area contributed by atoms with Crippen LogP contribution in [-0.4, -0.2) is 18.7 Å². The van der Waals surface area contributed by atoms with Crippen LogP contribution in [0.25, 0.3) is 0 Å². The topological polar surface area (TPSA) is 37.4 Å². The Kier molecular flexibility index (Phi) is 7.42. The van der Waals surface area contributed by atoms with Gasteiger partial charge in [0, 0.05) is 43.1 Å². The molecule has 0 spiro atoms. The van der Waals surface area contributed by atoms with E-state index in [1.165, 1.54) is 19.1 Å². The number of Topliss-reactive ketones (excluding diaryl/α,β-unsaturated/α-hetero) is 1. The molecular weight excluding hydrogens is 420 g/mol. The van der Waals surface area contributed by atoms with Crippen molar-refractivity contribution in [3.63, 3.8) is 0 Å². The zero-order chi connectivity index (χ0) is 24.2. The molecule has 3 rings (SSSR count). The van der Waals surface area contributed by atoms with Crippen LogP contribution in [0.1, 0.15) is 51.5 Å². The molecular formula is C28H29F2NO2. The first-order valence-corrected chi connectivity index (χ1v) is 11.0. The fourth-order valence-electron chi connectivity index (χ4n) is 3.81. The molecule has 0 saturated carbocycles. The Bertz CT molecular complexity index is 1120. The minimum Gasteiger partial charge on any atom is -0.311 e. The quantitative estimate of drug-likeness (QED) is 0.397. The zero-order valence-electron chi connectivity index (χ0n) is 19.5. The van der Waals surface area contributed by atoms with Gasteiger partial charge in [-0.25, -0.2) is 8.78 Å². The van der Waals surface area contributed by atoms with Gasteiger partial charge in [-0.3, -0.25) is 9.59 Å². The molecule has 0 aliphatic heterocycles. The molecule has 0 unspecified atom stereocenters. The van der Waals surface area contributed by atoms with Crippen molar-refractivity contribution in [1.29, 1.82) is 0 Å². The molecule has 0 bridgehead atoms. The van der Waals surface area contributed by atoms with Crippen molar-refractivity contribution in [2.45, 2.75) is 46.0 Å². The first-order valence-electron chi connectivity index (χ1n) is 11.0. The average molecular weight is 450 g/mol. The summed E-state index contributed by atoms with van der Waals surface area (Å²) >= 11 is 0. The number of hydrogen-bond donors (Lipinski definition) is 0. The normalized spacial score (nSPS) is 11.3. The molecule has 0 aromatic heterocycles. The third-order valence-corrected chi connectivity index (χ3v) is 5.72. The number of alkyl halides is 2. The summed E-state index contributed by atoms with van der Waals surface area (Å²) in [6.45, 7) is 5.43. The predicted molar refractivity (Wildman–Crippen MR) is 128 cm³/mol. The minimum atomic E-state index is -2.85. The molecule has 0 saturated heterocycles. The van der Waals surface area contributed by atoms with Gasteiger partial charge >= 0.3 is 0 Å². The van der Waals surface area contributed by atoms with E-state index in [2.05, 4.69) is 6.07 Å². The van der Waals surface area contributed by atoms with Crippen LogP contribution in [0.15, 0.2) is 66.7 Å². The van der Waals surface area contributed by atoms with Gasteiger partial charge in [0.1, 0.15) is 5.78 Å². The Hall–Kier alpha value is -3.34. The van der Waals surface area contributed by atoms with E-state index in [4.69, 9.17) is 0 Å². The number of halogens is 2. The fourth-order valence-corrected chi connectivity index (χ4v) is 3.81. The highest BCUT2D eigenvalue weighted by Crippen LogP contribution is 2.31. The van der Waals surface area contributed by atoms with Gasteiger partial charge in [0.15, 0.2) is 0 Å². The molecule has 33 heavy (non-hydrogen) atoms. The van der Waals surface area contributed by atoms with Crippen molar-refractivity contribution in [3.8, 4) is 0 Å². The lowest BCUT2D eigenvalue weighted by atomic mass is 9.99. The second-order valence-corrected chi connectivity index (χ2v) is 8.55. The van der Waals surface area contributed by atoms with Gasteiger partial charge in [0.2, 0.25) is 0 Å². The number of carbonyl (C=O) groups is 2. The molecule has 1 amide bonds. The van der Waals surface area contributed by atoms with Crippen molar-refractivity contribution in [2.75, 3.05) is 11.9 Å². The third-order valence-electron chi connectivity index (χ3n) is 5.72. The Morgan fingerprint density at radius 1 is 0.818 bits per heavy atom. The van der Waals surface area contributed by atoms with Crippen LogP contribution >= 0.6 is 0 Å². The van der Waals surface area contributed by atoms with Crippen LogP contribution in [0, 0.1) is 13.8 Å². The highest BCUT2D eigenvalue weighted by Gasteiger charge is 2.28. The first-order chi connectivity index (χ1) is 15.6. The van der Waals surface area contributed by atoms with Gasteiger partial charge in [-0.2, -0.15) is 0 Å². The third kappa shape index (κ3) is 6.13. The van der Waals surface area contributed by atoms with Crippen LogP contribution in [-0.2, 0) is 23.6 Å². The summed E-state index contributed by atoms with van der Waals surface area (Å²) in [4.78, 5) is 27.0. The summed E-state index contributed by atoms with van der Waals surface area (Å²) in [7, 11) is 1.75. The number of anilines is 1. The Balaban J connectivity index is 1.62. The molecule has 0 aliphatic carbocycles. The molecule has 0 aliphatic rings. The van der Waals surface area contributed by atoms with E-state index in [1.54, 1.807) is 48.3 Å². The largest absolute Gasteiger partial charge is 0.311 e. The Morgan fingerprint density at radius 2 is 1.30 bits per heavy atom. The maximum absolute atomic E-state index is 13.7. The number of amides is 1. The van der Waals surface area contributed by atoms with E-state index >= 15 is 0 Å². The lowest BCUT2D eigenvalue weighted by molar-refractivity contribution is -0.117. The van der Waals surface area contributed by atoms with Crippen LogP contribution in [0.4, 0.5) is 14.5 Å². The number of nitrogens with zero attached hydrogens (tertiary/aromatic N) is 1. The molecule has 3 aromatic rings. The standard InChI is InChI=1S/C28H29F2NO2/c1-5-28(29,30)24-12-8-22(9-13-24)18-26(32)17-21-6-10-23(11-7-21)27(33)31(4)25-15-19(2)14-20(3)16-25/h6-16H,5,17-18H2,1-4H3. The van der Waals surface area contributed by atoms with E-state index in [9.17, 15) is 18.4 Å². The van der Waals surface area contributed by atoms with E-state index in [0.717, 1.165) is 22.4 Å². The van der Waals surface area contributed by atoms with Crippen LogP contribution in [0.2, 0.25) is 0 Å². The maximum atomic E-state index is 13.7. The van der Waals surface area contributed by atoms with Crippen LogP contribution in [0.3, 0.4) is 0 Å². The monoisotopic (exact) mass is 449 g/mol. The number of rotatable bonds is 8. The SMILES string of the molecule is CCC(F)(F)c1ccc(CC(=O)Cc2ccc(C(=O)N(C)c3cc(C)cc(C)c3)cc2)cc1. The summed E-state index contributed by atoms with van der Waals surface area (Å²) in [5.41, 5.74) is 5.03. The molecule has 0 radical (unpaired) electrons. The van der Waals surface area contributed by atoms with E-state index in [0.29, 0.717) is 11.1 Å². The summed E-state index contributed by atoms with van der Waals surface area (Å²) in [6.07, 6.45) is 0.132. The second-order valence-electron chi connectivity index (χ2n) is 8.55. The summed E-state index contributed by atoms with van der Waals surface area (Å²) in [6, 6.07) is 19.0. The molecule has 3 nitrogen and oxygen atoms in total. The van der Waals surface area contributed by atoms with Gasteiger partial charge in [0.05, 0.1) is 0 Å². The highest BCUT2D eigenvalue weighted by atomic mass is 19.3. The average Bonchev–Trinajstić information content (AvgIpc) is 2.78. The Morgan fingerprint density at radius 3 is 1.79 bits per heavy atom. The fraction of sp³-hybridized carbons (Fsp3) is 0.286. The molecule has 0 fully saturated rings. The number of ketones is 1. The Labute approximate surface area is 194 Å². The van der Waals surface area contributed by atoms with Gasteiger partial charge < -0.3 is 4.90 Å². The lowest BCUT2D eigenvalue weighted by Gasteiger charge is -2.19.